The zero-order valence-electron chi connectivity index (χ0n) is 11.0. The first-order valence-electron chi connectivity index (χ1n) is 5.96. The van der Waals surface area contributed by atoms with E-state index in [-0.39, 0.29) is 11.7 Å². The van der Waals surface area contributed by atoms with Gasteiger partial charge in [0.25, 0.3) is 0 Å². The predicted molar refractivity (Wildman–Crippen MR) is 69.3 cm³/mol. The number of ether oxygens (including phenoxy) is 1. The minimum Gasteiger partial charge on any atom is -0.453 e. The Labute approximate surface area is 107 Å². The van der Waals surface area contributed by atoms with Gasteiger partial charge in [-0.05, 0) is 12.0 Å². The van der Waals surface area contributed by atoms with Crippen molar-refractivity contribution in [1.29, 1.82) is 0 Å². The number of alkyl carbamates (subject to hydrolysis) is 1. The highest BCUT2D eigenvalue weighted by Gasteiger charge is 2.23. The molecule has 0 bridgehead atoms. The number of hydrogen-bond donors (Lipinski definition) is 1. The number of carbonyl (C=O) groups excluding carboxylic acids is 2. The van der Waals surface area contributed by atoms with Crippen LogP contribution in [0.4, 0.5) is 4.79 Å². The molecule has 0 fully saturated rings. The summed E-state index contributed by atoms with van der Waals surface area (Å²) in [5.74, 6) is -0.125. The number of amides is 1. The smallest absolute Gasteiger partial charge is 0.407 e. The van der Waals surface area contributed by atoms with Gasteiger partial charge in [0.15, 0.2) is 5.78 Å². The van der Waals surface area contributed by atoms with E-state index >= 15 is 0 Å². The predicted octanol–water partition coefficient (Wildman–Crippen LogP) is 2.18. The summed E-state index contributed by atoms with van der Waals surface area (Å²) < 4.78 is 4.55. The van der Waals surface area contributed by atoms with Crippen LogP contribution in [0, 0.1) is 5.92 Å². The molecule has 0 aliphatic carbocycles. The van der Waals surface area contributed by atoms with Crippen LogP contribution in [0.5, 0.6) is 0 Å². The van der Waals surface area contributed by atoms with Crippen LogP contribution >= 0.6 is 0 Å². The summed E-state index contributed by atoms with van der Waals surface area (Å²) in [6.45, 7) is 3.64. The van der Waals surface area contributed by atoms with E-state index < -0.39 is 12.1 Å². The minimum absolute atomic E-state index is 0.00394. The Kier molecular flexibility index (Phi) is 5.36. The van der Waals surface area contributed by atoms with Gasteiger partial charge in [0.1, 0.15) is 0 Å². The third kappa shape index (κ3) is 4.20. The van der Waals surface area contributed by atoms with E-state index in [4.69, 9.17) is 0 Å². The molecule has 0 saturated carbocycles. The lowest BCUT2D eigenvalue weighted by atomic mass is 9.96. The van der Waals surface area contributed by atoms with Gasteiger partial charge in [-0.25, -0.2) is 4.79 Å². The highest BCUT2D eigenvalue weighted by atomic mass is 16.5. The van der Waals surface area contributed by atoms with Gasteiger partial charge in [-0.1, -0.05) is 44.2 Å². The highest BCUT2D eigenvalue weighted by molar-refractivity contribution is 5.89. The quantitative estimate of drug-likeness (QED) is 0.870. The Bertz CT molecular complexity index is 401. The van der Waals surface area contributed by atoms with Crippen molar-refractivity contribution in [3.63, 3.8) is 0 Å². The fraction of sp³-hybridized carbons (Fsp3) is 0.429. The van der Waals surface area contributed by atoms with E-state index in [0.29, 0.717) is 6.42 Å². The molecule has 1 atom stereocenters. The number of rotatable bonds is 5. The SMILES string of the molecule is COC(=O)N[C@@H](Cc1ccccc1)C(=O)C(C)C. The fourth-order valence-corrected chi connectivity index (χ4v) is 1.68. The van der Waals surface area contributed by atoms with E-state index in [1.807, 2.05) is 44.2 Å². The average Bonchev–Trinajstić information content (AvgIpc) is 2.38. The summed E-state index contributed by atoms with van der Waals surface area (Å²) in [6, 6.07) is 9.05. The van der Waals surface area contributed by atoms with E-state index in [2.05, 4.69) is 10.1 Å². The van der Waals surface area contributed by atoms with Gasteiger partial charge in [0, 0.05) is 5.92 Å². The lowest BCUT2D eigenvalue weighted by Gasteiger charge is -2.18. The summed E-state index contributed by atoms with van der Waals surface area (Å²) in [5.41, 5.74) is 1.01. The number of carbonyl (C=O) groups is 2. The highest BCUT2D eigenvalue weighted by Crippen LogP contribution is 2.08. The van der Waals surface area contributed by atoms with Crippen molar-refractivity contribution in [1.82, 2.24) is 5.32 Å². The topological polar surface area (TPSA) is 55.4 Å². The van der Waals surface area contributed by atoms with Crippen LogP contribution in [-0.2, 0) is 16.0 Å². The Hall–Kier alpha value is -1.84. The average molecular weight is 249 g/mol. The van der Waals surface area contributed by atoms with Gasteiger partial charge in [-0.15, -0.1) is 0 Å². The zero-order chi connectivity index (χ0) is 13.5. The summed E-state index contributed by atoms with van der Waals surface area (Å²) in [4.78, 5) is 23.3. The maximum Gasteiger partial charge on any atom is 0.407 e. The summed E-state index contributed by atoms with van der Waals surface area (Å²) in [7, 11) is 1.29. The number of benzene rings is 1. The molecular formula is C14H19NO3. The Morgan fingerprint density at radius 3 is 2.33 bits per heavy atom. The van der Waals surface area contributed by atoms with E-state index in [9.17, 15) is 9.59 Å². The van der Waals surface area contributed by atoms with Crippen LogP contribution in [0.3, 0.4) is 0 Å². The van der Waals surface area contributed by atoms with Crippen LogP contribution in [-0.4, -0.2) is 25.0 Å². The molecule has 0 saturated heterocycles. The van der Waals surface area contributed by atoms with Gasteiger partial charge in [-0.3, -0.25) is 4.79 Å². The van der Waals surface area contributed by atoms with E-state index in [1.54, 1.807) is 0 Å². The number of Topliss-reactive ketones (excluding diaryl/α,β-unsaturated/α-hetero) is 1. The normalized spacial score (nSPS) is 12.0. The second-order valence-corrected chi connectivity index (χ2v) is 4.44. The number of hydrogen-bond acceptors (Lipinski definition) is 3. The van der Waals surface area contributed by atoms with Crippen LogP contribution in [0.15, 0.2) is 30.3 Å². The number of methoxy groups -OCH3 is 1. The molecule has 98 valence electrons. The third-order valence-electron chi connectivity index (χ3n) is 2.67. The molecule has 1 aromatic rings. The Balaban J connectivity index is 2.77. The van der Waals surface area contributed by atoms with Gasteiger partial charge in [-0.2, -0.15) is 0 Å². The molecule has 1 N–H and O–H groups in total. The van der Waals surface area contributed by atoms with Crippen LogP contribution in [0.1, 0.15) is 19.4 Å². The van der Waals surface area contributed by atoms with Gasteiger partial charge in [0.05, 0.1) is 13.2 Å². The molecule has 0 radical (unpaired) electrons. The second kappa shape index (κ2) is 6.79. The first kappa shape index (κ1) is 14.2. The number of nitrogens with one attached hydrogen (secondary N) is 1. The third-order valence-corrected chi connectivity index (χ3v) is 2.67. The lowest BCUT2D eigenvalue weighted by Crippen LogP contribution is -2.44. The molecule has 1 amide bonds. The van der Waals surface area contributed by atoms with Crippen LogP contribution < -0.4 is 5.32 Å². The van der Waals surface area contributed by atoms with Crippen molar-refractivity contribution in [3.8, 4) is 0 Å². The minimum atomic E-state index is -0.579. The molecule has 4 nitrogen and oxygen atoms in total. The first-order valence-corrected chi connectivity index (χ1v) is 5.96. The van der Waals surface area contributed by atoms with Gasteiger partial charge < -0.3 is 10.1 Å². The molecule has 18 heavy (non-hydrogen) atoms. The lowest BCUT2D eigenvalue weighted by molar-refractivity contribution is -0.123. The largest absolute Gasteiger partial charge is 0.453 e. The van der Waals surface area contributed by atoms with Crippen molar-refractivity contribution in [2.75, 3.05) is 7.11 Å². The number of ketones is 1. The molecular weight excluding hydrogens is 230 g/mol. The van der Waals surface area contributed by atoms with Crippen molar-refractivity contribution < 1.29 is 14.3 Å². The molecule has 0 unspecified atom stereocenters. The monoisotopic (exact) mass is 249 g/mol. The fourth-order valence-electron chi connectivity index (χ4n) is 1.68. The summed E-state index contributed by atoms with van der Waals surface area (Å²) in [6.07, 6.45) is -0.0996. The molecule has 0 aliphatic heterocycles. The van der Waals surface area contributed by atoms with Crippen molar-refractivity contribution in [2.45, 2.75) is 26.3 Å². The van der Waals surface area contributed by atoms with Crippen molar-refractivity contribution in [3.05, 3.63) is 35.9 Å². The van der Waals surface area contributed by atoms with Crippen LogP contribution in [0.25, 0.3) is 0 Å². The molecule has 0 heterocycles. The second-order valence-electron chi connectivity index (χ2n) is 4.44. The molecule has 1 rings (SSSR count). The Morgan fingerprint density at radius 2 is 1.83 bits per heavy atom. The molecule has 0 aliphatic rings. The van der Waals surface area contributed by atoms with E-state index in [0.717, 1.165) is 5.56 Å². The van der Waals surface area contributed by atoms with E-state index in [1.165, 1.54) is 7.11 Å². The molecule has 0 aromatic heterocycles. The van der Waals surface area contributed by atoms with Crippen LogP contribution in [0.2, 0.25) is 0 Å². The summed E-state index contributed by atoms with van der Waals surface area (Å²) in [5, 5.41) is 2.59. The standard InChI is InChI=1S/C14H19NO3/c1-10(2)13(16)12(15-14(17)18-3)9-11-7-5-4-6-8-11/h4-8,10,12H,9H2,1-3H3,(H,15,17)/t12-/m0/s1. The summed E-state index contributed by atoms with van der Waals surface area (Å²) >= 11 is 0. The first-order chi connectivity index (χ1) is 8.54. The maximum absolute atomic E-state index is 12.0. The zero-order valence-corrected chi connectivity index (χ0v) is 11.0. The van der Waals surface area contributed by atoms with Crippen molar-refractivity contribution >= 4 is 11.9 Å². The molecule has 0 spiro atoms. The van der Waals surface area contributed by atoms with Gasteiger partial charge >= 0.3 is 6.09 Å². The molecule has 1 aromatic carbocycles. The maximum atomic E-state index is 12.0. The molecule has 4 heteroatoms. The van der Waals surface area contributed by atoms with Crippen molar-refractivity contribution in [2.24, 2.45) is 5.92 Å². The Morgan fingerprint density at radius 1 is 1.22 bits per heavy atom. The van der Waals surface area contributed by atoms with Gasteiger partial charge in [0.2, 0.25) is 0 Å².